The van der Waals surface area contributed by atoms with E-state index in [2.05, 4.69) is 27.0 Å². The van der Waals surface area contributed by atoms with Crippen molar-refractivity contribution in [2.24, 2.45) is 9.98 Å². The molecule has 10 heteroatoms. The first kappa shape index (κ1) is 18.4. The number of anilines is 1. The molecule has 29 heavy (non-hydrogen) atoms. The molecule has 1 aliphatic heterocycles. The zero-order valence-electron chi connectivity index (χ0n) is 15.1. The number of rotatable bonds is 3. The number of hydrogen-bond donors (Lipinski definition) is 1. The smallest absolute Gasteiger partial charge is 0.335 e. The van der Waals surface area contributed by atoms with Crippen LogP contribution in [0.3, 0.4) is 0 Å². The number of nitrogens with one attached hydrogen (secondary N) is 1. The van der Waals surface area contributed by atoms with E-state index in [9.17, 15) is 14.4 Å². The van der Waals surface area contributed by atoms with Crippen molar-refractivity contribution in [2.45, 2.75) is 6.92 Å². The quantitative estimate of drug-likeness (QED) is 0.669. The van der Waals surface area contributed by atoms with Crippen LogP contribution in [0.15, 0.2) is 73.3 Å². The van der Waals surface area contributed by atoms with Gasteiger partial charge in [0.2, 0.25) is 0 Å². The lowest BCUT2D eigenvalue weighted by molar-refractivity contribution is -0.113. The average Bonchev–Trinajstić information content (AvgIpc) is 3.36. The van der Waals surface area contributed by atoms with Crippen LogP contribution in [-0.2, 0) is 4.79 Å². The number of aromatic nitrogens is 2. The van der Waals surface area contributed by atoms with Crippen LogP contribution in [0.2, 0.25) is 0 Å². The molecular weight excluding hydrogens is 394 g/mol. The first-order chi connectivity index (χ1) is 13.9. The maximum atomic E-state index is 12.6. The lowest BCUT2D eigenvalue weighted by Gasteiger charge is -2.12. The van der Waals surface area contributed by atoms with E-state index in [4.69, 9.17) is 4.42 Å². The molecule has 0 fully saturated rings. The van der Waals surface area contributed by atoms with E-state index < -0.39 is 17.4 Å². The number of carbonyl (C=O) groups excluding carboxylic acids is 2. The van der Waals surface area contributed by atoms with Gasteiger partial charge in [-0.15, -0.1) is 11.3 Å². The summed E-state index contributed by atoms with van der Waals surface area (Å²) in [6.07, 6.45) is 1.06. The minimum Gasteiger partial charge on any atom is -0.430 e. The fraction of sp³-hybridized carbons (Fsp3) is 0.0526. The summed E-state index contributed by atoms with van der Waals surface area (Å²) in [5.41, 5.74) is 0.762. The normalized spacial score (nSPS) is 13.8. The summed E-state index contributed by atoms with van der Waals surface area (Å²) >= 11 is 1.47. The van der Waals surface area contributed by atoms with E-state index in [1.54, 1.807) is 13.0 Å². The molecule has 1 aliphatic rings. The molecule has 0 unspecified atom stereocenters. The number of nitrogens with zero attached hydrogens (tertiary/aromatic N) is 4. The van der Waals surface area contributed by atoms with Crippen LogP contribution < -0.4 is 10.9 Å². The van der Waals surface area contributed by atoms with Gasteiger partial charge in [-0.3, -0.25) is 9.59 Å². The monoisotopic (exact) mass is 407 g/mol. The van der Waals surface area contributed by atoms with Gasteiger partial charge in [-0.1, -0.05) is 12.6 Å². The first-order valence-electron chi connectivity index (χ1n) is 8.34. The number of amides is 2. The molecule has 0 radical (unpaired) electrons. The predicted molar refractivity (Wildman–Crippen MR) is 109 cm³/mol. The number of carbonyl (C=O) groups is 2. The number of hydrogen-bond acceptors (Lipinski definition) is 7. The summed E-state index contributed by atoms with van der Waals surface area (Å²) in [6.45, 7) is 5.29. The standard InChI is InChI=1S/C19H13N5O4S/c1-10-11(2)20-19(22-17(10)26)24-15(8-13(23-24)14-4-3-7-29-14)21-18(27)12-5-6-16(25)28-9-12/h3-9H,1H2,2H3,(H,21,27). The van der Waals surface area contributed by atoms with Crippen molar-refractivity contribution in [3.8, 4) is 10.6 Å². The van der Waals surface area contributed by atoms with Gasteiger partial charge >= 0.3 is 5.63 Å². The third-order valence-electron chi connectivity index (χ3n) is 4.04. The van der Waals surface area contributed by atoms with Crippen molar-refractivity contribution in [1.29, 1.82) is 0 Å². The van der Waals surface area contributed by atoms with Gasteiger partial charge < -0.3 is 9.73 Å². The van der Waals surface area contributed by atoms with Gasteiger partial charge in [0.25, 0.3) is 17.8 Å². The molecular formula is C19H13N5O4S. The van der Waals surface area contributed by atoms with Gasteiger partial charge in [0.15, 0.2) is 0 Å². The highest BCUT2D eigenvalue weighted by atomic mass is 32.1. The largest absolute Gasteiger partial charge is 0.430 e. The van der Waals surface area contributed by atoms with Crippen molar-refractivity contribution in [1.82, 2.24) is 9.78 Å². The minimum atomic E-state index is -0.563. The number of thiophene rings is 1. The van der Waals surface area contributed by atoms with Gasteiger partial charge in [-0.2, -0.15) is 14.8 Å². The Labute approximate surface area is 167 Å². The molecule has 0 atom stereocenters. The molecule has 3 aromatic rings. The Kier molecular flexibility index (Phi) is 4.61. The lowest BCUT2D eigenvalue weighted by Crippen LogP contribution is -2.25. The van der Waals surface area contributed by atoms with Crippen LogP contribution in [0.5, 0.6) is 0 Å². The number of aliphatic imine (C=N–C) groups is 2. The summed E-state index contributed by atoms with van der Waals surface area (Å²) < 4.78 is 6.01. The topological polar surface area (TPSA) is 119 Å². The summed E-state index contributed by atoms with van der Waals surface area (Å²) in [5, 5.41) is 9.03. The molecule has 4 heterocycles. The summed E-state index contributed by atoms with van der Waals surface area (Å²) in [4.78, 5) is 44.8. The van der Waals surface area contributed by atoms with Crippen LogP contribution >= 0.6 is 11.3 Å². The molecule has 9 nitrogen and oxygen atoms in total. The maximum Gasteiger partial charge on any atom is 0.335 e. The van der Waals surface area contributed by atoms with Crippen molar-refractivity contribution in [3.63, 3.8) is 0 Å². The highest BCUT2D eigenvalue weighted by Crippen LogP contribution is 2.27. The second-order valence-electron chi connectivity index (χ2n) is 5.99. The Bertz CT molecular complexity index is 1240. The highest BCUT2D eigenvalue weighted by molar-refractivity contribution is 7.13. The third-order valence-corrected chi connectivity index (χ3v) is 4.93. The molecule has 4 rings (SSSR count). The Hall–Kier alpha value is -3.92. The summed E-state index contributed by atoms with van der Waals surface area (Å²) in [7, 11) is 0. The Balaban J connectivity index is 1.76. The molecule has 2 amide bonds. The predicted octanol–water partition coefficient (Wildman–Crippen LogP) is 2.58. The highest BCUT2D eigenvalue weighted by Gasteiger charge is 2.23. The second-order valence-corrected chi connectivity index (χ2v) is 6.94. The fourth-order valence-corrected chi connectivity index (χ4v) is 3.17. The Morgan fingerprint density at radius 2 is 2.07 bits per heavy atom. The van der Waals surface area contributed by atoms with Gasteiger partial charge in [-0.05, 0) is 24.4 Å². The Morgan fingerprint density at radius 1 is 1.24 bits per heavy atom. The third kappa shape index (κ3) is 3.60. The van der Waals surface area contributed by atoms with Gasteiger partial charge in [-0.25, -0.2) is 9.79 Å². The van der Waals surface area contributed by atoms with Gasteiger partial charge in [0.05, 0.1) is 21.7 Å². The maximum absolute atomic E-state index is 12.6. The van der Waals surface area contributed by atoms with Crippen LogP contribution in [0.4, 0.5) is 5.82 Å². The van der Waals surface area contributed by atoms with Gasteiger partial charge in [0.1, 0.15) is 17.8 Å². The van der Waals surface area contributed by atoms with E-state index in [0.717, 1.165) is 17.2 Å². The molecule has 0 bridgehead atoms. The van der Waals surface area contributed by atoms with Gasteiger partial charge in [0, 0.05) is 12.1 Å². The lowest BCUT2D eigenvalue weighted by atomic mass is 10.2. The summed E-state index contributed by atoms with van der Waals surface area (Å²) in [5.74, 6) is -0.791. The minimum absolute atomic E-state index is 0.0117. The van der Waals surface area contributed by atoms with Crippen LogP contribution in [0.1, 0.15) is 17.3 Å². The van der Waals surface area contributed by atoms with Crippen molar-refractivity contribution >= 4 is 40.6 Å². The van der Waals surface area contributed by atoms with E-state index in [0.29, 0.717) is 11.4 Å². The summed E-state index contributed by atoms with van der Waals surface area (Å²) in [6, 6.07) is 7.88. The van der Waals surface area contributed by atoms with E-state index in [1.807, 2.05) is 17.5 Å². The van der Waals surface area contributed by atoms with E-state index in [-0.39, 0.29) is 22.9 Å². The second kappa shape index (κ2) is 7.24. The molecule has 0 saturated heterocycles. The van der Waals surface area contributed by atoms with Crippen LogP contribution in [0.25, 0.3) is 10.6 Å². The fourth-order valence-electron chi connectivity index (χ4n) is 2.49. The van der Waals surface area contributed by atoms with E-state index >= 15 is 0 Å². The molecule has 0 saturated carbocycles. The SMILES string of the molecule is C=C1C(=O)N=C(n2nc(-c3cccs3)cc2NC(=O)c2ccc(=O)oc2)N=C1C. The average molecular weight is 407 g/mol. The molecule has 0 spiro atoms. The molecule has 0 aromatic carbocycles. The molecule has 1 N–H and O–H groups in total. The van der Waals surface area contributed by atoms with Crippen LogP contribution in [-0.4, -0.2) is 33.3 Å². The van der Waals surface area contributed by atoms with Crippen LogP contribution in [0, 0.1) is 0 Å². The molecule has 0 aliphatic carbocycles. The van der Waals surface area contributed by atoms with Crippen molar-refractivity contribution in [2.75, 3.05) is 5.32 Å². The van der Waals surface area contributed by atoms with E-state index in [1.165, 1.54) is 22.1 Å². The van der Waals surface area contributed by atoms with Crippen molar-refractivity contribution in [3.05, 3.63) is 70.1 Å². The first-order valence-corrected chi connectivity index (χ1v) is 9.22. The zero-order valence-corrected chi connectivity index (χ0v) is 15.9. The van der Waals surface area contributed by atoms with Crippen molar-refractivity contribution < 1.29 is 14.0 Å². The Morgan fingerprint density at radius 3 is 2.72 bits per heavy atom. The molecule has 144 valence electrons. The zero-order chi connectivity index (χ0) is 20.5. The molecule has 3 aromatic heterocycles.